The number of hydrogen-bond donors (Lipinski definition) is 0. The molecule has 19 heavy (non-hydrogen) atoms. The summed E-state index contributed by atoms with van der Waals surface area (Å²) in [5, 5.41) is 0.890. The highest BCUT2D eigenvalue weighted by atomic mass is 35.5. The third-order valence-electron chi connectivity index (χ3n) is 2.74. The van der Waals surface area contributed by atoms with Crippen LogP contribution in [0.4, 0.5) is 8.78 Å². The molecule has 0 bridgehead atoms. The minimum absolute atomic E-state index is 0.0697. The van der Waals surface area contributed by atoms with Gasteiger partial charge in [-0.15, -0.1) is 0 Å². The fourth-order valence-corrected chi connectivity index (χ4v) is 2.04. The van der Waals surface area contributed by atoms with Gasteiger partial charge in [0.15, 0.2) is 0 Å². The monoisotopic (exact) mass is 310 g/mol. The van der Waals surface area contributed by atoms with Gasteiger partial charge in [0, 0.05) is 12.8 Å². The highest BCUT2D eigenvalue weighted by Gasteiger charge is 2.45. The second kappa shape index (κ2) is 7.06. The van der Waals surface area contributed by atoms with E-state index in [-0.39, 0.29) is 18.8 Å². The second-order valence-corrected chi connectivity index (χ2v) is 5.00. The van der Waals surface area contributed by atoms with Crippen LogP contribution in [0, 0.1) is 0 Å². The highest BCUT2D eigenvalue weighted by Crippen LogP contribution is 2.48. The van der Waals surface area contributed by atoms with Crippen molar-refractivity contribution < 1.29 is 18.3 Å². The lowest BCUT2D eigenvalue weighted by molar-refractivity contribution is -0.128. The lowest BCUT2D eigenvalue weighted by Crippen LogP contribution is -2.33. The topological polar surface area (TPSA) is 26.3 Å². The van der Waals surface area contributed by atoms with Gasteiger partial charge in [-0.1, -0.05) is 29.3 Å². The average Bonchev–Trinajstić information content (AvgIpc) is 2.31. The predicted octanol–water partition coefficient (Wildman–Crippen LogP) is 4.69. The molecule has 0 aromatic heterocycles. The van der Waals surface area contributed by atoms with E-state index >= 15 is 0 Å². The third-order valence-corrected chi connectivity index (χ3v) is 3.48. The van der Waals surface area contributed by atoms with Crippen molar-refractivity contribution >= 4 is 29.7 Å². The van der Waals surface area contributed by atoms with Crippen molar-refractivity contribution in [1.29, 1.82) is 0 Å². The van der Waals surface area contributed by atoms with Crippen LogP contribution in [0.5, 0.6) is 0 Å². The Kier molecular flexibility index (Phi) is 6.01. The minimum atomic E-state index is -2.49. The molecule has 1 fully saturated rings. The zero-order valence-electron chi connectivity index (χ0n) is 10.3. The molecule has 0 radical (unpaired) electrons. The molecule has 0 amide bonds. The van der Waals surface area contributed by atoms with Gasteiger partial charge in [0.1, 0.15) is 0 Å². The van der Waals surface area contributed by atoms with Crippen LogP contribution in [-0.4, -0.2) is 19.0 Å². The summed E-state index contributed by atoms with van der Waals surface area (Å²) in [6, 6.07) is 5.08. The minimum Gasteiger partial charge on any atom is -0.468 e. The van der Waals surface area contributed by atoms with E-state index < -0.39 is 5.92 Å². The number of hydrogen-bond acceptors (Lipinski definition) is 2. The summed E-state index contributed by atoms with van der Waals surface area (Å²) < 4.78 is 29.3. The number of halogens is 4. The smallest absolute Gasteiger partial charge is 0.293 e. The van der Waals surface area contributed by atoms with Crippen LogP contribution in [0.3, 0.4) is 0 Å². The average molecular weight is 311 g/mol. The lowest BCUT2D eigenvalue weighted by atomic mass is 9.77. The molecule has 0 unspecified atom stereocenters. The molecular formula is C13H14Cl2F2O2. The Morgan fingerprint density at radius 3 is 2.37 bits per heavy atom. The van der Waals surface area contributed by atoms with Crippen LogP contribution in [0.2, 0.25) is 10.0 Å². The van der Waals surface area contributed by atoms with E-state index in [1.165, 1.54) is 0 Å². The number of alkyl halides is 2. The maximum Gasteiger partial charge on any atom is 0.293 e. The van der Waals surface area contributed by atoms with Crippen LogP contribution < -0.4 is 0 Å². The van der Waals surface area contributed by atoms with Crippen molar-refractivity contribution in [3.05, 3.63) is 33.8 Å². The first-order chi connectivity index (χ1) is 8.89. The third kappa shape index (κ3) is 4.96. The van der Waals surface area contributed by atoms with E-state index in [0.29, 0.717) is 23.1 Å². The van der Waals surface area contributed by atoms with Crippen molar-refractivity contribution in [2.24, 2.45) is 0 Å². The van der Waals surface area contributed by atoms with Crippen molar-refractivity contribution in [2.45, 2.75) is 31.6 Å². The largest absolute Gasteiger partial charge is 0.468 e. The van der Waals surface area contributed by atoms with Crippen LogP contribution in [-0.2, 0) is 9.53 Å². The van der Waals surface area contributed by atoms with E-state index in [9.17, 15) is 13.6 Å². The van der Waals surface area contributed by atoms with Gasteiger partial charge in [0.05, 0.1) is 16.7 Å². The number of rotatable bonds is 3. The van der Waals surface area contributed by atoms with E-state index in [1.807, 2.05) is 0 Å². The van der Waals surface area contributed by atoms with Gasteiger partial charge in [-0.25, -0.2) is 8.78 Å². The van der Waals surface area contributed by atoms with Gasteiger partial charge < -0.3 is 4.74 Å². The summed E-state index contributed by atoms with van der Waals surface area (Å²) in [5.74, 6) is -2.56. The second-order valence-electron chi connectivity index (χ2n) is 4.19. The van der Waals surface area contributed by atoms with Gasteiger partial charge in [0.25, 0.3) is 6.47 Å². The summed E-state index contributed by atoms with van der Waals surface area (Å²) in [7, 11) is 0. The van der Waals surface area contributed by atoms with Gasteiger partial charge >= 0.3 is 0 Å². The summed E-state index contributed by atoms with van der Waals surface area (Å²) >= 11 is 11.5. The molecule has 0 saturated heterocycles. The van der Waals surface area contributed by atoms with Gasteiger partial charge in [-0.3, -0.25) is 4.79 Å². The molecule has 1 aliphatic rings. The Bertz CT molecular complexity index is 431. The molecule has 0 atom stereocenters. The molecule has 0 heterocycles. The van der Waals surface area contributed by atoms with Crippen molar-refractivity contribution in [1.82, 2.24) is 0 Å². The number of ether oxygens (including phenoxy) is 1. The van der Waals surface area contributed by atoms with Gasteiger partial charge in [-0.2, -0.15) is 0 Å². The highest BCUT2D eigenvalue weighted by molar-refractivity contribution is 6.42. The molecule has 2 rings (SSSR count). The summed E-state index contributed by atoms with van der Waals surface area (Å²) in [6.07, 6.45) is -0.157. The van der Waals surface area contributed by atoms with E-state index in [1.54, 1.807) is 25.1 Å². The van der Waals surface area contributed by atoms with Gasteiger partial charge in [-0.05, 0) is 30.5 Å². The Morgan fingerprint density at radius 1 is 1.37 bits per heavy atom. The standard InChI is InChI=1S/C10H8Cl2F2.C3H6O2/c11-8-2-1-6(3-9(8)12)7-4-10(13,14)5-7;1-2-5-3-4/h1-3,7H,4-5H2;3H,2H2,1H3. The molecule has 1 aromatic carbocycles. The van der Waals surface area contributed by atoms with Crippen LogP contribution in [0.1, 0.15) is 31.2 Å². The molecular weight excluding hydrogens is 297 g/mol. The van der Waals surface area contributed by atoms with E-state index in [2.05, 4.69) is 4.74 Å². The summed E-state index contributed by atoms with van der Waals surface area (Å²) in [4.78, 5) is 9.18. The molecule has 0 spiro atoms. The van der Waals surface area contributed by atoms with Crippen molar-refractivity contribution in [2.75, 3.05) is 6.61 Å². The summed E-state index contributed by atoms with van der Waals surface area (Å²) in [5.41, 5.74) is 0.852. The number of benzene rings is 1. The van der Waals surface area contributed by atoms with Crippen molar-refractivity contribution in [3.63, 3.8) is 0 Å². The lowest BCUT2D eigenvalue weighted by Gasteiger charge is -2.35. The van der Waals surface area contributed by atoms with Crippen LogP contribution >= 0.6 is 23.2 Å². The maximum absolute atomic E-state index is 12.6. The first kappa shape index (κ1) is 16.2. The molecule has 1 saturated carbocycles. The van der Waals surface area contributed by atoms with E-state index in [0.717, 1.165) is 5.56 Å². The molecule has 2 nitrogen and oxygen atoms in total. The molecule has 106 valence electrons. The Morgan fingerprint density at radius 2 is 2.00 bits per heavy atom. The molecule has 1 aromatic rings. The maximum atomic E-state index is 12.6. The Balaban J connectivity index is 0.000000312. The fourth-order valence-electron chi connectivity index (χ4n) is 1.73. The Hall–Kier alpha value is -0.870. The Labute approximate surface area is 120 Å². The molecule has 0 aliphatic heterocycles. The normalized spacial score (nSPS) is 16.9. The molecule has 0 N–H and O–H groups in total. The van der Waals surface area contributed by atoms with Gasteiger partial charge in [0.2, 0.25) is 5.92 Å². The number of carbonyl (C=O) groups excluding carboxylic acids is 1. The first-order valence-corrected chi connectivity index (χ1v) is 6.53. The van der Waals surface area contributed by atoms with Crippen molar-refractivity contribution in [3.8, 4) is 0 Å². The molecule has 6 heteroatoms. The fraction of sp³-hybridized carbons (Fsp3) is 0.462. The quantitative estimate of drug-likeness (QED) is 0.757. The van der Waals surface area contributed by atoms with E-state index in [4.69, 9.17) is 23.2 Å². The first-order valence-electron chi connectivity index (χ1n) is 5.77. The van der Waals surface area contributed by atoms with Crippen LogP contribution in [0.15, 0.2) is 18.2 Å². The molecule has 1 aliphatic carbocycles. The SMILES string of the molecule is CCOC=O.FC1(F)CC(c2ccc(Cl)c(Cl)c2)C1. The summed E-state index contributed by atoms with van der Waals surface area (Å²) in [6.45, 7) is 2.66. The number of carbonyl (C=O) groups is 1. The predicted molar refractivity (Wildman–Crippen MR) is 71.1 cm³/mol. The zero-order valence-corrected chi connectivity index (χ0v) is 11.8. The zero-order chi connectivity index (χ0) is 14.5. The van der Waals surface area contributed by atoms with Crippen LogP contribution in [0.25, 0.3) is 0 Å².